The van der Waals surface area contributed by atoms with Gasteiger partial charge in [0.2, 0.25) is 0 Å². The summed E-state index contributed by atoms with van der Waals surface area (Å²) in [5, 5.41) is 20.6. The second-order valence-electron chi connectivity index (χ2n) is 8.30. The zero-order valence-corrected chi connectivity index (χ0v) is 15.8. The number of hydrogen-bond acceptors (Lipinski definition) is 4. The Labute approximate surface area is 146 Å². The minimum atomic E-state index is -1.15. The van der Waals surface area contributed by atoms with E-state index in [0.717, 1.165) is 6.42 Å². The van der Waals surface area contributed by atoms with E-state index in [-0.39, 0.29) is 18.3 Å². The lowest BCUT2D eigenvalue weighted by atomic mass is 9.88. The number of ether oxygens (including phenoxy) is 1. The quantitative estimate of drug-likeness (QED) is 0.631. The number of ketones is 1. The number of Topliss-reactive ketones (excluding diaryl/α,β-unsaturated/α-hetero) is 1. The Hall–Kier alpha value is -0.970. The van der Waals surface area contributed by atoms with Crippen LogP contribution in [0.2, 0.25) is 0 Å². The van der Waals surface area contributed by atoms with Crippen molar-refractivity contribution in [2.45, 2.75) is 89.6 Å². The normalized spacial score (nSPS) is 29.6. The van der Waals surface area contributed by atoms with Crippen molar-refractivity contribution < 1.29 is 19.7 Å². The summed E-state index contributed by atoms with van der Waals surface area (Å²) in [6.07, 6.45) is 7.55. The van der Waals surface area contributed by atoms with E-state index >= 15 is 0 Å². The van der Waals surface area contributed by atoms with Crippen LogP contribution in [-0.2, 0) is 9.53 Å². The largest absolute Gasteiger partial charge is 0.387 e. The molecule has 2 unspecified atom stereocenters. The maximum Gasteiger partial charge on any atom is 0.136 e. The molecule has 0 aliphatic carbocycles. The Morgan fingerprint density at radius 2 is 2.04 bits per heavy atom. The van der Waals surface area contributed by atoms with Gasteiger partial charge in [-0.05, 0) is 46.0 Å². The molecule has 1 aliphatic heterocycles. The zero-order valence-electron chi connectivity index (χ0n) is 15.8. The van der Waals surface area contributed by atoms with E-state index in [4.69, 9.17) is 4.74 Å². The molecule has 1 fully saturated rings. The fourth-order valence-electron chi connectivity index (χ4n) is 3.09. The molecule has 0 bridgehead atoms. The fourth-order valence-corrected chi connectivity index (χ4v) is 3.09. The number of hydrogen-bond donors (Lipinski definition) is 2. The van der Waals surface area contributed by atoms with E-state index < -0.39 is 16.8 Å². The monoisotopic (exact) mass is 338 g/mol. The summed E-state index contributed by atoms with van der Waals surface area (Å²) >= 11 is 0. The van der Waals surface area contributed by atoms with E-state index in [2.05, 4.69) is 6.58 Å². The number of rotatable bonds is 9. The Morgan fingerprint density at radius 1 is 1.42 bits per heavy atom. The molecule has 4 atom stereocenters. The van der Waals surface area contributed by atoms with Crippen LogP contribution in [0, 0.1) is 5.92 Å². The number of carbonyl (C=O) groups excluding carboxylic acids is 1. The molecular weight excluding hydrogens is 304 g/mol. The summed E-state index contributed by atoms with van der Waals surface area (Å²) in [6, 6.07) is 0. The Balaban J connectivity index is 2.64. The van der Waals surface area contributed by atoms with Crippen LogP contribution in [0.3, 0.4) is 0 Å². The van der Waals surface area contributed by atoms with Gasteiger partial charge in [-0.25, -0.2) is 0 Å². The molecule has 24 heavy (non-hydrogen) atoms. The number of carbonyl (C=O) groups is 1. The molecule has 0 spiro atoms. The van der Waals surface area contributed by atoms with Crippen LogP contribution in [-0.4, -0.2) is 38.9 Å². The van der Waals surface area contributed by atoms with Crippen LogP contribution in [0.4, 0.5) is 0 Å². The van der Waals surface area contributed by atoms with Gasteiger partial charge in [-0.3, -0.25) is 4.79 Å². The number of aliphatic hydroxyl groups is 2. The van der Waals surface area contributed by atoms with E-state index in [1.165, 1.54) is 6.08 Å². The summed E-state index contributed by atoms with van der Waals surface area (Å²) < 4.78 is 6.07. The van der Waals surface area contributed by atoms with Crippen molar-refractivity contribution in [3.05, 3.63) is 24.8 Å². The van der Waals surface area contributed by atoms with Crippen LogP contribution < -0.4 is 0 Å². The molecule has 0 amide bonds. The summed E-state index contributed by atoms with van der Waals surface area (Å²) in [5.74, 6) is 0.369. The predicted molar refractivity (Wildman–Crippen MR) is 96.8 cm³/mol. The highest BCUT2D eigenvalue weighted by Gasteiger charge is 2.44. The topological polar surface area (TPSA) is 66.8 Å². The van der Waals surface area contributed by atoms with Gasteiger partial charge >= 0.3 is 0 Å². The predicted octanol–water partition coefficient (Wildman–Crippen LogP) is 3.56. The third-order valence-corrected chi connectivity index (χ3v) is 4.64. The van der Waals surface area contributed by atoms with Crippen molar-refractivity contribution in [1.82, 2.24) is 0 Å². The van der Waals surface area contributed by atoms with Crippen LogP contribution in [0.5, 0.6) is 0 Å². The SMILES string of the molecule is C=CC(C)(O)C/C=C/[C@]1(C)CC[C@@H](C(C)(O)CC(=O)CC(C)C)O1. The summed E-state index contributed by atoms with van der Waals surface area (Å²) in [4.78, 5) is 12.0. The molecule has 4 heteroatoms. The lowest BCUT2D eigenvalue weighted by Gasteiger charge is -2.31. The molecule has 2 N–H and O–H groups in total. The first-order valence-electron chi connectivity index (χ1n) is 8.85. The van der Waals surface area contributed by atoms with Gasteiger partial charge in [0.05, 0.1) is 22.9 Å². The van der Waals surface area contributed by atoms with Gasteiger partial charge in [-0.2, -0.15) is 0 Å². The maximum absolute atomic E-state index is 12.0. The molecule has 1 saturated heterocycles. The van der Waals surface area contributed by atoms with Gasteiger partial charge in [0.15, 0.2) is 0 Å². The minimum absolute atomic E-state index is 0.0739. The molecule has 0 aromatic rings. The van der Waals surface area contributed by atoms with Crippen molar-refractivity contribution in [3.63, 3.8) is 0 Å². The molecule has 0 aromatic carbocycles. The summed E-state index contributed by atoms with van der Waals surface area (Å²) in [7, 11) is 0. The third-order valence-electron chi connectivity index (χ3n) is 4.64. The summed E-state index contributed by atoms with van der Waals surface area (Å²) in [5.41, 5.74) is -2.56. The van der Waals surface area contributed by atoms with Crippen LogP contribution >= 0.6 is 0 Å². The molecule has 0 saturated carbocycles. The first kappa shape index (κ1) is 21.1. The van der Waals surface area contributed by atoms with Crippen molar-refractivity contribution >= 4 is 5.78 Å². The molecule has 4 nitrogen and oxygen atoms in total. The van der Waals surface area contributed by atoms with Crippen LogP contribution in [0.15, 0.2) is 24.8 Å². The van der Waals surface area contributed by atoms with Crippen molar-refractivity contribution in [2.75, 3.05) is 0 Å². The van der Waals surface area contributed by atoms with Crippen LogP contribution in [0.25, 0.3) is 0 Å². The van der Waals surface area contributed by atoms with Gasteiger partial charge in [-0.1, -0.05) is 32.1 Å². The molecule has 1 heterocycles. The van der Waals surface area contributed by atoms with E-state index in [0.29, 0.717) is 25.2 Å². The van der Waals surface area contributed by atoms with Crippen molar-refractivity contribution in [3.8, 4) is 0 Å². The van der Waals surface area contributed by atoms with Crippen molar-refractivity contribution in [1.29, 1.82) is 0 Å². The smallest absolute Gasteiger partial charge is 0.136 e. The maximum atomic E-state index is 12.0. The fraction of sp³-hybridized carbons (Fsp3) is 0.750. The van der Waals surface area contributed by atoms with Crippen LogP contribution in [0.1, 0.15) is 66.7 Å². The average molecular weight is 338 g/mol. The van der Waals surface area contributed by atoms with E-state index in [1.54, 1.807) is 13.8 Å². The van der Waals surface area contributed by atoms with Gasteiger partial charge in [0, 0.05) is 12.8 Å². The van der Waals surface area contributed by atoms with Crippen molar-refractivity contribution in [2.24, 2.45) is 5.92 Å². The molecule has 1 rings (SSSR count). The molecule has 0 aromatic heterocycles. The summed E-state index contributed by atoms with van der Waals surface area (Å²) in [6.45, 7) is 13.0. The van der Waals surface area contributed by atoms with E-state index in [9.17, 15) is 15.0 Å². The zero-order chi connectivity index (χ0) is 18.6. The Morgan fingerprint density at radius 3 is 2.58 bits per heavy atom. The molecule has 138 valence electrons. The first-order chi connectivity index (χ1) is 10.9. The first-order valence-corrected chi connectivity index (χ1v) is 8.85. The highest BCUT2D eigenvalue weighted by Crippen LogP contribution is 2.38. The lowest BCUT2D eigenvalue weighted by Crippen LogP contribution is -2.42. The molecule has 0 radical (unpaired) electrons. The van der Waals surface area contributed by atoms with Gasteiger partial charge < -0.3 is 14.9 Å². The second-order valence-corrected chi connectivity index (χ2v) is 8.30. The molecular formula is C20H34O4. The van der Waals surface area contributed by atoms with Gasteiger partial charge in [-0.15, -0.1) is 6.58 Å². The van der Waals surface area contributed by atoms with Gasteiger partial charge in [0.25, 0.3) is 0 Å². The van der Waals surface area contributed by atoms with Gasteiger partial charge in [0.1, 0.15) is 5.78 Å². The second kappa shape index (κ2) is 7.94. The Bertz CT molecular complexity index is 476. The van der Waals surface area contributed by atoms with E-state index in [1.807, 2.05) is 32.9 Å². The standard InChI is InChI=1S/C20H34O4/c1-7-18(4,22)10-8-11-19(5)12-9-17(24-19)20(6,23)14-16(21)13-15(2)3/h7-8,11,15,17,22-23H,1,9-10,12-14H2,2-6H3/b11-8+/t17-,18?,19+,20?/m0/s1. The lowest BCUT2D eigenvalue weighted by molar-refractivity contribution is -0.138. The minimum Gasteiger partial charge on any atom is -0.387 e. The highest BCUT2D eigenvalue weighted by molar-refractivity contribution is 5.79. The molecule has 1 aliphatic rings. The average Bonchev–Trinajstić information content (AvgIpc) is 2.80. The third kappa shape index (κ3) is 6.50. The Kier molecular flexibility index (Phi) is 6.97. The highest BCUT2D eigenvalue weighted by atomic mass is 16.5.